The van der Waals surface area contributed by atoms with Crippen molar-refractivity contribution in [3.8, 4) is 0 Å². The van der Waals surface area contributed by atoms with Crippen LogP contribution in [-0.2, 0) is 21.2 Å². The number of thiophene rings is 1. The molecular formula is C30H31Cl2N3O6S2. The first-order valence-corrected chi connectivity index (χ1v) is 17.4. The number of sulfonamides is 1. The lowest BCUT2D eigenvalue weighted by molar-refractivity contribution is -0.124. The maximum Gasteiger partial charge on any atom is 0.346 e. The van der Waals surface area contributed by atoms with Gasteiger partial charge in [0.2, 0.25) is 15.9 Å². The van der Waals surface area contributed by atoms with E-state index in [2.05, 4.69) is 10.0 Å². The van der Waals surface area contributed by atoms with Gasteiger partial charge in [0.05, 0.1) is 18.2 Å². The summed E-state index contributed by atoms with van der Waals surface area (Å²) < 4.78 is 27.4. The summed E-state index contributed by atoms with van der Waals surface area (Å²) in [5.74, 6) is -2.59. The lowest BCUT2D eigenvalue weighted by Gasteiger charge is -2.49. The quantitative estimate of drug-likeness (QED) is 0.286. The minimum absolute atomic E-state index is 0.172. The minimum Gasteiger partial charge on any atom is -0.477 e. The van der Waals surface area contributed by atoms with Gasteiger partial charge >= 0.3 is 5.97 Å². The van der Waals surface area contributed by atoms with E-state index < -0.39 is 40.0 Å². The van der Waals surface area contributed by atoms with Gasteiger partial charge in [-0.05, 0) is 65.6 Å². The van der Waals surface area contributed by atoms with Crippen molar-refractivity contribution >= 4 is 62.3 Å². The molecule has 1 aliphatic heterocycles. The zero-order valence-electron chi connectivity index (χ0n) is 23.3. The SMILES string of the molecule is CS(=O)(=O)N[C@H]1CCCC[C@@H]1N1C(=O)c2ccccc2[C@@H](C(=O)NCCc2ccsc2C(=O)O)[C@@H]1c1ccc(Cl)cc1Cl. The molecule has 2 heterocycles. The van der Waals surface area contributed by atoms with Crippen molar-refractivity contribution < 1.29 is 27.9 Å². The molecule has 1 aromatic heterocycles. The van der Waals surface area contributed by atoms with E-state index in [0.717, 1.165) is 30.4 Å². The van der Waals surface area contributed by atoms with Crippen LogP contribution in [0.2, 0.25) is 10.0 Å². The molecule has 0 spiro atoms. The molecule has 4 atom stereocenters. The summed E-state index contributed by atoms with van der Waals surface area (Å²) in [7, 11) is -3.59. The highest BCUT2D eigenvalue weighted by molar-refractivity contribution is 7.88. The number of halogens is 2. The number of carboxylic acid groups (broad SMARTS) is 1. The van der Waals surface area contributed by atoms with E-state index in [0.29, 0.717) is 46.5 Å². The highest BCUT2D eigenvalue weighted by Crippen LogP contribution is 2.47. The van der Waals surface area contributed by atoms with Crippen molar-refractivity contribution in [2.45, 2.75) is 56.1 Å². The second kappa shape index (κ2) is 13.0. The van der Waals surface area contributed by atoms with Gasteiger partial charge in [0.1, 0.15) is 4.88 Å². The highest BCUT2D eigenvalue weighted by atomic mass is 35.5. The monoisotopic (exact) mass is 663 g/mol. The molecular weight excluding hydrogens is 633 g/mol. The molecule has 0 bridgehead atoms. The fraction of sp³-hybridized carbons (Fsp3) is 0.367. The summed E-state index contributed by atoms with van der Waals surface area (Å²) in [6.45, 7) is 0.172. The molecule has 228 valence electrons. The maximum atomic E-state index is 14.3. The fourth-order valence-electron chi connectivity index (χ4n) is 6.28. The summed E-state index contributed by atoms with van der Waals surface area (Å²) in [4.78, 5) is 41.9. The molecule has 2 amide bonds. The molecule has 0 unspecified atom stereocenters. The van der Waals surface area contributed by atoms with Crippen LogP contribution < -0.4 is 10.0 Å². The first-order valence-electron chi connectivity index (χ1n) is 13.9. The Labute approximate surface area is 264 Å². The molecule has 2 aromatic carbocycles. The van der Waals surface area contributed by atoms with Crippen molar-refractivity contribution in [1.82, 2.24) is 14.9 Å². The molecule has 2 aliphatic rings. The molecule has 1 fully saturated rings. The van der Waals surface area contributed by atoms with Gasteiger partial charge in [-0.2, -0.15) is 0 Å². The second-order valence-electron chi connectivity index (χ2n) is 10.9. The van der Waals surface area contributed by atoms with Crippen LogP contribution >= 0.6 is 34.5 Å². The van der Waals surface area contributed by atoms with Crippen molar-refractivity contribution in [2.24, 2.45) is 0 Å². The van der Waals surface area contributed by atoms with Gasteiger partial charge in [0, 0.05) is 34.2 Å². The maximum absolute atomic E-state index is 14.3. The molecule has 3 aromatic rings. The third-order valence-electron chi connectivity index (χ3n) is 8.03. The van der Waals surface area contributed by atoms with Crippen LogP contribution in [0, 0.1) is 0 Å². The number of carboxylic acids is 1. The number of nitrogens with one attached hydrogen (secondary N) is 2. The van der Waals surface area contributed by atoms with Gasteiger partial charge in [-0.15, -0.1) is 11.3 Å². The molecule has 3 N–H and O–H groups in total. The van der Waals surface area contributed by atoms with E-state index in [1.165, 1.54) is 0 Å². The molecule has 1 saturated carbocycles. The van der Waals surface area contributed by atoms with Crippen molar-refractivity contribution in [3.05, 3.63) is 91.1 Å². The van der Waals surface area contributed by atoms with Crippen LogP contribution in [-0.4, -0.2) is 61.1 Å². The topological polar surface area (TPSA) is 133 Å². The van der Waals surface area contributed by atoms with Crippen LogP contribution in [0.4, 0.5) is 0 Å². The predicted octanol–water partition coefficient (Wildman–Crippen LogP) is 5.25. The Morgan fingerprint density at radius 1 is 1.07 bits per heavy atom. The summed E-state index contributed by atoms with van der Waals surface area (Å²) in [6.07, 6.45) is 4.05. The number of hydrogen-bond acceptors (Lipinski definition) is 6. The average Bonchev–Trinajstić information content (AvgIpc) is 3.42. The van der Waals surface area contributed by atoms with E-state index in [4.69, 9.17) is 23.2 Å². The standard InChI is InChI=1S/C30H31Cl2N3O6S2/c1-43(40,41)34-23-8-4-5-9-24(23)35-26(21-11-10-18(31)16-22(21)32)25(19-6-2-3-7-20(19)29(35)37)28(36)33-14-12-17-13-15-42-27(17)30(38)39/h2-3,6-7,10-11,13,15-16,23-26,34H,4-5,8-9,12,14H2,1H3,(H,33,36)(H,38,39)/t23-,24-,25+,26-/m0/s1. The van der Waals surface area contributed by atoms with E-state index >= 15 is 0 Å². The highest BCUT2D eigenvalue weighted by Gasteiger charge is 2.49. The number of amides is 2. The average molecular weight is 665 g/mol. The number of benzene rings is 2. The Balaban J connectivity index is 1.58. The second-order valence-corrected chi connectivity index (χ2v) is 14.4. The smallest absolute Gasteiger partial charge is 0.346 e. The zero-order valence-corrected chi connectivity index (χ0v) is 26.4. The number of nitrogens with zero attached hydrogens (tertiary/aromatic N) is 1. The minimum atomic E-state index is -3.59. The number of hydrogen-bond donors (Lipinski definition) is 3. The molecule has 9 nitrogen and oxygen atoms in total. The van der Waals surface area contributed by atoms with Crippen molar-refractivity contribution in [1.29, 1.82) is 0 Å². The van der Waals surface area contributed by atoms with Crippen LogP contribution in [0.15, 0.2) is 53.9 Å². The van der Waals surface area contributed by atoms with Gasteiger partial charge in [-0.25, -0.2) is 17.9 Å². The summed E-state index contributed by atoms with van der Waals surface area (Å²) in [5, 5.41) is 14.8. The van der Waals surface area contributed by atoms with Gasteiger partial charge in [0.15, 0.2) is 0 Å². The van der Waals surface area contributed by atoms with Gasteiger partial charge in [-0.1, -0.05) is 60.3 Å². The largest absolute Gasteiger partial charge is 0.477 e. The molecule has 43 heavy (non-hydrogen) atoms. The zero-order chi connectivity index (χ0) is 30.9. The Bertz CT molecular complexity index is 1660. The van der Waals surface area contributed by atoms with E-state index in [1.54, 1.807) is 58.8 Å². The van der Waals surface area contributed by atoms with Crippen LogP contribution in [0.25, 0.3) is 0 Å². The van der Waals surface area contributed by atoms with Crippen molar-refractivity contribution in [2.75, 3.05) is 12.8 Å². The number of carbonyl (C=O) groups excluding carboxylic acids is 2. The fourth-order valence-corrected chi connectivity index (χ4v) is 8.41. The van der Waals surface area contributed by atoms with Crippen molar-refractivity contribution in [3.63, 3.8) is 0 Å². The van der Waals surface area contributed by atoms with Gasteiger partial charge in [-0.3, -0.25) is 9.59 Å². The summed E-state index contributed by atoms with van der Waals surface area (Å²) >= 11 is 14.1. The first-order chi connectivity index (χ1) is 20.5. The Kier molecular flexibility index (Phi) is 9.48. The number of fused-ring (bicyclic) bond motifs is 1. The van der Waals surface area contributed by atoms with Crippen LogP contribution in [0.1, 0.15) is 74.4 Å². The van der Waals surface area contributed by atoms with Crippen LogP contribution in [0.3, 0.4) is 0 Å². The lowest BCUT2D eigenvalue weighted by Crippen LogP contribution is -2.59. The molecule has 0 radical (unpaired) electrons. The first kappa shape index (κ1) is 31.5. The third kappa shape index (κ3) is 6.76. The third-order valence-corrected chi connectivity index (χ3v) is 10.3. The summed E-state index contributed by atoms with van der Waals surface area (Å²) in [6, 6.07) is 11.6. The Hall–Kier alpha value is -2.96. The predicted molar refractivity (Wildman–Crippen MR) is 167 cm³/mol. The molecule has 0 saturated heterocycles. The molecule has 1 aliphatic carbocycles. The molecule has 13 heteroatoms. The van der Waals surface area contributed by atoms with E-state index in [9.17, 15) is 27.9 Å². The summed E-state index contributed by atoms with van der Waals surface area (Å²) in [5.41, 5.74) is 2.03. The Morgan fingerprint density at radius 3 is 2.53 bits per heavy atom. The number of carbonyl (C=O) groups is 3. The Morgan fingerprint density at radius 2 is 1.81 bits per heavy atom. The molecule has 5 rings (SSSR count). The normalized spacial score (nSPS) is 22.2. The number of aromatic carboxylic acids is 1. The van der Waals surface area contributed by atoms with E-state index in [1.807, 2.05) is 0 Å². The van der Waals surface area contributed by atoms with Gasteiger partial charge in [0.25, 0.3) is 5.91 Å². The lowest BCUT2D eigenvalue weighted by atomic mass is 9.76. The number of rotatable bonds is 9. The van der Waals surface area contributed by atoms with Gasteiger partial charge < -0.3 is 15.3 Å². The van der Waals surface area contributed by atoms with Crippen LogP contribution in [0.5, 0.6) is 0 Å². The van der Waals surface area contributed by atoms with E-state index in [-0.39, 0.29) is 28.3 Å².